The van der Waals surface area contributed by atoms with Crippen molar-refractivity contribution in [3.8, 4) is 5.88 Å². The van der Waals surface area contributed by atoms with Gasteiger partial charge in [-0.2, -0.15) is 0 Å². The number of piperidine rings is 1. The number of halogens is 1. The Kier molecular flexibility index (Phi) is 7.69. The number of carboxylic acid groups (broad SMARTS) is 1. The van der Waals surface area contributed by atoms with Gasteiger partial charge in [-0.15, -0.1) is 0 Å². The molecule has 2 saturated heterocycles. The van der Waals surface area contributed by atoms with Crippen LogP contribution in [0.15, 0.2) is 66.9 Å². The molecule has 3 aromatic heterocycles. The van der Waals surface area contributed by atoms with Crippen LogP contribution < -0.4 is 4.74 Å². The fourth-order valence-electron chi connectivity index (χ4n) is 6.37. The minimum atomic E-state index is -0.943. The third-order valence-corrected chi connectivity index (χ3v) is 8.96. The van der Waals surface area contributed by atoms with E-state index >= 15 is 0 Å². The van der Waals surface area contributed by atoms with E-state index in [1.807, 2.05) is 30.3 Å². The van der Waals surface area contributed by atoms with Gasteiger partial charge < -0.3 is 19.1 Å². The van der Waals surface area contributed by atoms with Crippen molar-refractivity contribution < 1.29 is 23.8 Å². The van der Waals surface area contributed by atoms with Crippen molar-refractivity contribution in [1.82, 2.24) is 24.4 Å². The molecule has 5 heterocycles. The maximum absolute atomic E-state index is 13.6. The number of fused-ring (bicyclic) bond motifs is 2. The number of carbonyl (C=O) groups is 1. The minimum absolute atomic E-state index is 0.0575. The highest BCUT2D eigenvalue weighted by Gasteiger charge is 2.30. The van der Waals surface area contributed by atoms with Crippen LogP contribution in [-0.2, 0) is 17.9 Å². The van der Waals surface area contributed by atoms with E-state index in [-0.39, 0.29) is 23.5 Å². The molecule has 0 amide bonds. The zero-order valence-corrected chi connectivity index (χ0v) is 24.5. The predicted molar refractivity (Wildman–Crippen MR) is 163 cm³/mol. The van der Waals surface area contributed by atoms with Crippen LogP contribution in [0.3, 0.4) is 0 Å². The van der Waals surface area contributed by atoms with Gasteiger partial charge >= 0.3 is 5.97 Å². The van der Waals surface area contributed by atoms with E-state index in [1.165, 1.54) is 12.3 Å². The molecule has 2 aliphatic rings. The maximum Gasteiger partial charge on any atom is 0.335 e. The fourth-order valence-corrected chi connectivity index (χ4v) is 6.37. The van der Waals surface area contributed by atoms with Crippen LogP contribution in [0.4, 0.5) is 4.39 Å². The first-order valence-corrected chi connectivity index (χ1v) is 15.1. The lowest BCUT2D eigenvalue weighted by Gasteiger charge is -2.36. The van der Waals surface area contributed by atoms with Gasteiger partial charge in [0, 0.05) is 35.2 Å². The molecule has 0 aliphatic carbocycles. The van der Waals surface area contributed by atoms with Gasteiger partial charge in [-0.05, 0) is 69.6 Å². The third kappa shape index (κ3) is 5.62. The normalized spacial score (nSPS) is 18.4. The topological polar surface area (TPSA) is 103 Å². The first-order chi connectivity index (χ1) is 21.4. The number of aromatic carboxylic acids is 1. The zero-order valence-electron chi connectivity index (χ0n) is 24.5. The smallest absolute Gasteiger partial charge is 0.335 e. The Balaban J connectivity index is 1.03. The Morgan fingerprint density at radius 2 is 1.91 bits per heavy atom. The van der Waals surface area contributed by atoms with Crippen LogP contribution in [0, 0.1) is 5.82 Å². The molecule has 1 N–H and O–H groups in total. The van der Waals surface area contributed by atoms with Crippen molar-refractivity contribution in [3.63, 3.8) is 0 Å². The zero-order chi connectivity index (χ0) is 30.2. The van der Waals surface area contributed by atoms with Gasteiger partial charge in [0.25, 0.3) is 0 Å². The summed E-state index contributed by atoms with van der Waals surface area (Å²) in [6.07, 6.45) is 4.25. The molecule has 7 rings (SSSR count). The molecule has 44 heavy (non-hydrogen) atoms. The highest BCUT2D eigenvalue weighted by molar-refractivity contribution is 5.92. The quantitative estimate of drug-likeness (QED) is 0.217. The lowest BCUT2D eigenvalue weighted by Crippen LogP contribution is -2.37. The molecule has 2 aromatic carbocycles. The lowest BCUT2D eigenvalue weighted by atomic mass is 9.92. The second kappa shape index (κ2) is 11.9. The van der Waals surface area contributed by atoms with Crippen LogP contribution in [0.25, 0.3) is 21.9 Å². The molecule has 5 aromatic rings. The summed E-state index contributed by atoms with van der Waals surface area (Å²) in [5.41, 5.74) is 4.52. The molecule has 2 fully saturated rings. The number of pyridine rings is 2. The molecule has 0 bridgehead atoms. The summed E-state index contributed by atoms with van der Waals surface area (Å²) < 4.78 is 27.6. The first kappa shape index (κ1) is 28.4. The van der Waals surface area contributed by atoms with Crippen molar-refractivity contribution in [2.75, 3.05) is 19.7 Å². The molecule has 10 heteroatoms. The molecule has 9 nitrogen and oxygen atoms in total. The largest absolute Gasteiger partial charge is 0.478 e. The number of para-hydroxylation sites is 1. The number of nitrogens with zero attached hydrogens (tertiary/aromatic N) is 5. The van der Waals surface area contributed by atoms with Crippen LogP contribution in [0.5, 0.6) is 5.88 Å². The number of rotatable bonds is 9. The third-order valence-electron chi connectivity index (χ3n) is 8.96. The number of carboxylic acids is 1. The van der Waals surface area contributed by atoms with Gasteiger partial charge in [0.1, 0.15) is 18.2 Å². The highest BCUT2D eigenvalue weighted by atomic mass is 19.1. The predicted octanol–water partition coefficient (Wildman–Crippen LogP) is 6.13. The minimum Gasteiger partial charge on any atom is -0.478 e. The average molecular weight is 596 g/mol. The van der Waals surface area contributed by atoms with E-state index in [0.29, 0.717) is 24.9 Å². The van der Waals surface area contributed by atoms with E-state index in [1.54, 1.807) is 18.2 Å². The Labute approximate surface area is 254 Å². The molecule has 0 spiro atoms. The molecule has 0 radical (unpaired) electrons. The van der Waals surface area contributed by atoms with E-state index in [2.05, 4.69) is 27.4 Å². The van der Waals surface area contributed by atoms with Gasteiger partial charge in [0.15, 0.2) is 0 Å². The number of likely N-dealkylation sites (tertiary alicyclic amines) is 1. The molecule has 2 aliphatic heterocycles. The monoisotopic (exact) mass is 595 g/mol. The number of benzene rings is 2. The van der Waals surface area contributed by atoms with Gasteiger partial charge in [-0.3, -0.25) is 9.88 Å². The molecule has 0 saturated carbocycles. The van der Waals surface area contributed by atoms with Crippen molar-refractivity contribution in [1.29, 1.82) is 0 Å². The van der Waals surface area contributed by atoms with E-state index in [9.17, 15) is 14.3 Å². The van der Waals surface area contributed by atoms with Gasteiger partial charge in [0.2, 0.25) is 5.88 Å². The number of hydrogen-bond acceptors (Lipinski definition) is 7. The molecule has 2 atom stereocenters. The average Bonchev–Trinajstić information content (AvgIpc) is 3.39. The molecular weight excluding hydrogens is 561 g/mol. The Bertz CT molecular complexity index is 1830. The molecule has 226 valence electrons. The summed E-state index contributed by atoms with van der Waals surface area (Å²) >= 11 is 0. The summed E-state index contributed by atoms with van der Waals surface area (Å²) in [4.78, 5) is 28.2. The van der Waals surface area contributed by atoms with Gasteiger partial charge in [0.05, 0.1) is 47.0 Å². The van der Waals surface area contributed by atoms with Crippen LogP contribution in [-0.4, -0.2) is 61.3 Å². The van der Waals surface area contributed by atoms with Gasteiger partial charge in [-0.1, -0.05) is 24.3 Å². The van der Waals surface area contributed by atoms with E-state index < -0.39 is 5.97 Å². The lowest BCUT2D eigenvalue weighted by molar-refractivity contribution is -0.0594. The highest BCUT2D eigenvalue weighted by Crippen LogP contribution is 2.34. The fraction of sp³-hybridized carbons (Fsp3) is 0.353. The molecular formula is C34H34FN5O4. The van der Waals surface area contributed by atoms with Crippen LogP contribution in [0.1, 0.15) is 65.6 Å². The second-order valence-corrected chi connectivity index (χ2v) is 11.7. The number of aromatic nitrogens is 4. The Hall–Kier alpha value is -4.41. The van der Waals surface area contributed by atoms with E-state index in [0.717, 1.165) is 78.0 Å². The Morgan fingerprint density at radius 1 is 1.09 bits per heavy atom. The molecule has 1 unspecified atom stereocenters. The maximum atomic E-state index is 13.6. The van der Waals surface area contributed by atoms with Crippen molar-refractivity contribution >= 4 is 27.9 Å². The van der Waals surface area contributed by atoms with Crippen molar-refractivity contribution in [2.24, 2.45) is 0 Å². The summed E-state index contributed by atoms with van der Waals surface area (Å²) in [6.45, 7) is 5.68. The number of ether oxygens (including phenoxy) is 2. The summed E-state index contributed by atoms with van der Waals surface area (Å²) in [7, 11) is 0. The van der Waals surface area contributed by atoms with Gasteiger partial charge in [-0.25, -0.2) is 19.2 Å². The number of hydrogen-bond donors (Lipinski definition) is 1. The van der Waals surface area contributed by atoms with E-state index in [4.69, 9.17) is 19.4 Å². The van der Waals surface area contributed by atoms with Crippen molar-refractivity contribution in [3.05, 3.63) is 95.3 Å². The standard InChI is InChI=1S/C34H34FN5O4/c1-21(33-38-29-9-8-24(34(41)42)17-30(29)40(33)19-27-12-15-43-27)39-13-10-22(11-14-39)28-6-3-7-31(37-28)44-20-25-5-2-4-23-16-26(35)18-36-32(23)25/h2-9,16-18,21-22,27H,10-15,19-20H2,1H3,(H,41,42)/t21-,27?/m0/s1. The summed E-state index contributed by atoms with van der Waals surface area (Å²) in [5.74, 6) is 0.508. The van der Waals surface area contributed by atoms with Crippen LogP contribution >= 0.6 is 0 Å². The van der Waals surface area contributed by atoms with Crippen molar-refractivity contribution in [2.45, 2.75) is 57.4 Å². The van der Waals surface area contributed by atoms with Crippen LogP contribution in [0.2, 0.25) is 0 Å². The SMILES string of the molecule is C[C@@H](c1nc2ccc(C(=O)O)cc2n1CC1CCO1)N1CCC(c2cccc(OCc3cccc4cc(F)cnc34)n2)CC1. The first-order valence-electron chi connectivity index (χ1n) is 15.1. The Morgan fingerprint density at radius 3 is 2.68 bits per heavy atom. The summed E-state index contributed by atoms with van der Waals surface area (Å²) in [6, 6.07) is 18.3. The number of imidazole rings is 1. The summed E-state index contributed by atoms with van der Waals surface area (Å²) in [5, 5.41) is 10.3. The second-order valence-electron chi connectivity index (χ2n) is 11.7.